The van der Waals surface area contributed by atoms with Crippen molar-refractivity contribution in [2.24, 2.45) is 5.92 Å². The number of hydrogen-bond acceptors (Lipinski definition) is 2. The number of ether oxygens (including phenoxy) is 1. The summed E-state index contributed by atoms with van der Waals surface area (Å²) in [6.07, 6.45) is 7.44. The smallest absolute Gasteiger partial charge is 0.338 e. The van der Waals surface area contributed by atoms with Crippen molar-refractivity contribution in [3.05, 3.63) is 29.6 Å². The second-order valence-corrected chi connectivity index (χ2v) is 5.09. The minimum Gasteiger partial charge on any atom is -0.493 e. The molecule has 1 fully saturated rings. The van der Waals surface area contributed by atoms with Crippen LogP contribution in [0.5, 0.6) is 5.75 Å². The third kappa shape index (κ3) is 3.94. The molecule has 0 amide bonds. The number of carbonyl (C=O) groups is 1. The average Bonchev–Trinajstić information content (AvgIpc) is 2.39. The number of benzene rings is 1. The van der Waals surface area contributed by atoms with Gasteiger partial charge in [-0.3, -0.25) is 0 Å². The number of carboxylic acids is 1. The molecule has 1 aromatic rings. The molecule has 4 heteroatoms. The average molecular weight is 266 g/mol. The highest BCUT2D eigenvalue weighted by Gasteiger charge is 2.14. The van der Waals surface area contributed by atoms with Crippen LogP contribution >= 0.6 is 0 Å². The SMILES string of the molecule is O=C(O)c1ccc(OCCC2CCCCC2)cc1F. The maximum Gasteiger partial charge on any atom is 0.338 e. The fraction of sp³-hybridized carbons (Fsp3) is 0.533. The highest BCUT2D eigenvalue weighted by molar-refractivity contribution is 5.88. The van der Waals surface area contributed by atoms with Crippen molar-refractivity contribution in [1.82, 2.24) is 0 Å². The maximum atomic E-state index is 13.4. The van der Waals surface area contributed by atoms with Crippen LogP contribution in [0.3, 0.4) is 0 Å². The summed E-state index contributed by atoms with van der Waals surface area (Å²) in [5.74, 6) is -0.885. The summed E-state index contributed by atoms with van der Waals surface area (Å²) in [6.45, 7) is 0.566. The van der Waals surface area contributed by atoms with Crippen LogP contribution < -0.4 is 4.74 Å². The molecule has 19 heavy (non-hydrogen) atoms. The third-order valence-corrected chi connectivity index (χ3v) is 3.69. The van der Waals surface area contributed by atoms with E-state index in [0.717, 1.165) is 18.4 Å². The van der Waals surface area contributed by atoms with Gasteiger partial charge in [0.1, 0.15) is 11.6 Å². The van der Waals surface area contributed by atoms with E-state index in [4.69, 9.17) is 9.84 Å². The van der Waals surface area contributed by atoms with Crippen LogP contribution in [0, 0.1) is 11.7 Å². The molecule has 104 valence electrons. The highest BCUT2D eigenvalue weighted by Crippen LogP contribution is 2.26. The first-order valence-electron chi connectivity index (χ1n) is 6.82. The molecule has 0 aliphatic heterocycles. The van der Waals surface area contributed by atoms with Gasteiger partial charge < -0.3 is 9.84 Å². The van der Waals surface area contributed by atoms with Gasteiger partial charge >= 0.3 is 5.97 Å². The van der Waals surface area contributed by atoms with Crippen LogP contribution in [0.2, 0.25) is 0 Å². The Hall–Kier alpha value is -1.58. The van der Waals surface area contributed by atoms with Crippen LogP contribution in [0.25, 0.3) is 0 Å². The Bertz CT molecular complexity index is 439. The van der Waals surface area contributed by atoms with Gasteiger partial charge in [-0.25, -0.2) is 9.18 Å². The standard InChI is InChI=1S/C15H19FO3/c16-14-10-12(6-7-13(14)15(17)18)19-9-8-11-4-2-1-3-5-11/h6-7,10-11H,1-5,8-9H2,(H,17,18). The van der Waals surface area contributed by atoms with Gasteiger partial charge in [-0.1, -0.05) is 32.1 Å². The largest absolute Gasteiger partial charge is 0.493 e. The van der Waals surface area contributed by atoms with E-state index in [1.54, 1.807) is 0 Å². The van der Waals surface area contributed by atoms with E-state index in [2.05, 4.69) is 0 Å². The first-order valence-corrected chi connectivity index (χ1v) is 6.82. The Morgan fingerprint density at radius 1 is 1.32 bits per heavy atom. The van der Waals surface area contributed by atoms with E-state index >= 15 is 0 Å². The molecule has 2 rings (SSSR count). The van der Waals surface area contributed by atoms with Crippen LogP contribution in [-0.4, -0.2) is 17.7 Å². The van der Waals surface area contributed by atoms with Gasteiger partial charge in [0.05, 0.1) is 12.2 Å². The summed E-state index contributed by atoms with van der Waals surface area (Å²) in [7, 11) is 0. The lowest BCUT2D eigenvalue weighted by Crippen LogP contribution is -2.11. The molecular formula is C15H19FO3. The first kappa shape index (κ1) is 13.8. The van der Waals surface area contributed by atoms with Crippen molar-refractivity contribution in [2.45, 2.75) is 38.5 Å². The second kappa shape index (κ2) is 6.55. The molecule has 1 aliphatic carbocycles. The lowest BCUT2D eigenvalue weighted by molar-refractivity contribution is 0.0692. The Morgan fingerprint density at radius 2 is 2.05 bits per heavy atom. The Kier molecular flexibility index (Phi) is 4.77. The van der Waals surface area contributed by atoms with Crippen molar-refractivity contribution in [1.29, 1.82) is 0 Å². The molecule has 0 saturated heterocycles. The molecule has 0 unspecified atom stereocenters. The number of halogens is 1. The molecule has 0 heterocycles. The highest BCUT2D eigenvalue weighted by atomic mass is 19.1. The predicted octanol–water partition coefficient (Wildman–Crippen LogP) is 3.87. The summed E-state index contributed by atoms with van der Waals surface area (Å²) < 4.78 is 18.9. The topological polar surface area (TPSA) is 46.5 Å². The lowest BCUT2D eigenvalue weighted by Gasteiger charge is -2.21. The van der Waals surface area contributed by atoms with Gasteiger partial charge in [0.25, 0.3) is 0 Å². The first-order chi connectivity index (χ1) is 9.16. The fourth-order valence-corrected chi connectivity index (χ4v) is 2.58. The van der Waals surface area contributed by atoms with E-state index in [0.29, 0.717) is 12.4 Å². The molecule has 0 radical (unpaired) electrons. The summed E-state index contributed by atoms with van der Waals surface area (Å²) in [5, 5.41) is 8.72. The molecule has 0 aromatic heterocycles. The Labute approximate surface area is 112 Å². The van der Waals surface area contributed by atoms with E-state index in [1.165, 1.54) is 44.2 Å². The van der Waals surface area contributed by atoms with Crippen molar-refractivity contribution in [3.8, 4) is 5.75 Å². The van der Waals surface area contributed by atoms with Crippen LogP contribution in [0.15, 0.2) is 18.2 Å². The zero-order valence-electron chi connectivity index (χ0n) is 10.9. The van der Waals surface area contributed by atoms with Gasteiger partial charge in [0, 0.05) is 6.07 Å². The van der Waals surface area contributed by atoms with Crippen molar-refractivity contribution < 1.29 is 19.0 Å². The third-order valence-electron chi connectivity index (χ3n) is 3.69. The minimum atomic E-state index is -1.26. The van der Waals surface area contributed by atoms with Crippen molar-refractivity contribution in [2.75, 3.05) is 6.61 Å². The van der Waals surface area contributed by atoms with Crippen molar-refractivity contribution >= 4 is 5.97 Å². The van der Waals surface area contributed by atoms with Crippen LogP contribution in [0.1, 0.15) is 48.9 Å². The second-order valence-electron chi connectivity index (χ2n) is 5.09. The minimum absolute atomic E-state index is 0.320. The quantitative estimate of drug-likeness (QED) is 0.879. The normalized spacial score (nSPS) is 16.3. The molecule has 0 bridgehead atoms. The maximum absolute atomic E-state index is 13.4. The summed E-state index contributed by atoms with van der Waals surface area (Å²) in [5.41, 5.74) is -0.320. The van der Waals surface area contributed by atoms with Gasteiger partial charge in [-0.2, -0.15) is 0 Å². The van der Waals surface area contributed by atoms with E-state index in [9.17, 15) is 9.18 Å². The fourth-order valence-electron chi connectivity index (χ4n) is 2.58. The lowest BCUT2D eigenvalue weighted by atomic mass is 9.87. The van der Waals surface area contributed by atoms with Gasteiger partial charge in [-0.05, 0) is 24.5 Å². The van der Waals surface area contributed by atoms with E-state index in [-0.39, 0.29) is 5.56 Å². The monoisotopic (exact) mass is 266 g/mol. The van der Waals surface area contributed by atoms with Gasteiger partial charge in [-0.15, -0.1) is 0 Å². The molecule has 0 atom stereocenters. The van der Waals surface area contributed by atoms with Crippen LogP contribution in [0.4, 0.5) is 4.39 Å². The molecule has 1 saturated carbocycles. The molecular weight excluding hydrogens is 247 g/mol. The number of hydrogen-bond donors (Lipinski definition) is 1. The van der Waals surface area contributed by atoms with E-state index in [1.807, 2.05) is 0 Å². The zero-order chi connectivity index (χ0) is 13.7. The van der Waals surface area contributed by atoms with Crippen molar-refractivity contribution in [3.63, 3.8) is 0 Å². The molecule has 3 nitrogen and oxygen atoms in total. The summed E-state index contributed by atoms with van der Waals surface area (Å²) in [4.78, 5) is 10.7. The van der Waals surface area contributed by atoms with Gasteiger partial charge in [0.15, 0.2) is 0 Å². The van der Waals surface area contributed by atoms with Crippen LogP contribution in [-0.2, 0) is 0 Å². The summed E-state index contributed by atoms with van der Waals surface area (Å²) >= 11 is 0. The van der Waals surface area contributed by atoms with Gasteiger partial charge in [0.2, 0.25) is 0 Å². The predicted molar refractivity (Wildman–Crippen MR) is 70.0 cm³/mol. The molecule has 1 N–H and O–H groups in total. The number of aromatic carboxylic acids is 1. The summed E-state index contributed by atoms with van der Waals surface area (Å²) in [6, 6.07) is 3.89. The zero-order valence-corrected chi connectivity index (χ0v) is 10.9. The number of carboxylic acid groups (broad SMARTS) is 1. The Morgan fingerprint density at radius 3 is 2.68 bits per heavy atom. The molecule has 1 aromatic carbocycles. The molecule has 0 spiro atoms. The van der Waals surface area contributed by atoms with E-state index < -0.39 is 11.8 Å². The Balaban J connectivity index is 1.82. The molecule has 1 aliphatic rings. The number of rotatable bonds is 5.